The monoisotopic (exact) mass is 408 g/mol. The topological polar surface area (TPSA) is 157 Å². The van der Waals surface area contributed by atoms with E-state index in [9.17, 15) is 35.4 Å². The van der Waals surface area contributed by atoms with Gasteiger partial charge in [0.05, 0.1) is 32.7 Å². The lowest BCUT2D eigenvalue weighted by atomic mass is 10.1. The zero-order valence-electron chi connectivity index (χ0n) is 15.1. The van der Waals surface area contributed by atoms with Gasteiger partial charge in [-0.05, 0) is 17.5 Å². The van der Waals surface area contributed by atoms with Gasteiger partial charge in [0.1, 0.15) is 0 Å². The standard InChI is InChI=1S/C13H10N.C6H3N3O7/c1-2-6-12-10-14-8-4-3-7-13(14)9-11(12)5-1;10-6-4(8(13)14)1-3(7(11)12)2-5(6)9(15)16/h1-10H;1-2,10H/q+1;/p-1. The summed E-state index contributed by atoms with van der Waals surface area (Å²) in [5.74, 6) is -1.46. The Hall–Kier alpha value is -4.67. The second-order valence-electron chi connectivity index (χ2n) is 6.02. The second-order valence-corrected chi connectivity index (χ2v) is 6.02. The second kappa shape index (κ2) is 8.14. The van der Waals surface area contributed by atoms with E-state index in [1.165, 1.54) is 16.3 Å². The number of nitro groups is 3. The zero-order chi connectivity index (χ0) is 21.8. The van der Waals surface area contributed by atoms with Crippen LogP contribution < -0.4 is 9.51 Å². The molecule has 0 aliphatic rings. The highest BCUT2D eigenvalue weighted by molar-refractivity contribution is 5.83. The molecule has 0 aliphatic carbocycles. The Morgan fingerprint density at radius 2 is 1.27 bits per heavy atom. The molecule has 0 fully saturated rings. The molecule has 30 heavy (non-hydrogen) atoms. The van der Waals surface area contributed by atoms with Crippen LogP contribution in [0.1, 0.15) is 0 Å². The molecule has 0 bridgehead atoms. The number of hydrogen-bond donors (Lipinski definition) is 0. The van der Waals surface area contributed by atoms with Gasteiger partial charge in [-0.15, -0.1) is 0 Å². The first kappa shape index (κ1) is 20.1. The molecule has 2 aromatic heterocycles. The summed E-state index contributed by atoms with van der Waals surface area (Å²) in [6, 6.07) is 17.6. The Bertz CT molecular complexity index is 1170. The van der Waals surface area contributed by atoms with Crippen molar-refractivity contribution in [3.8, 4) is 5.75 Å². The normalized spacial score (nSPS) is 10.3. The molecule has 0 atom stereocenters. The van der Waals surface area contributed by atoms with Crippen molar-refractivity contribution >= 4 is 33.4 Å². The van der Waals surface area contributed by atoms with Gasteiger partial charge in [0.25, 0.3) is 17.1 Å². The van der Waals surface area contributed by atoms with Crippen molar-refractivity contribution in [2.24, 2.45) is 0 Å². The average molecular weight is 408 g/mol. The van der Waals surface area contributed by atoms with E-state index in [2.05, 4.69) is 59.3 Å². The highest BCUT2D eigenvalue weighted by Gasteiger charge is 2.24. The first-order valence-electron chi connectivity index (χ1n) is 8.35. The molecule has 0 amide bonds. The molecule has 0 spiro atoms. The fourth-order valence-corrected chi connectivity index (χ4v) is 2.74. The predicted octanol–water partition coefficient (Wildman–Crippen LogP) is 3.06. The van der Waals surface area contributed by atoms with Gasteiger partial charge in [-0.25, -0.2) is 0 Å². The predicted molar refractivity (Wildman–Crippen MR) is 103 cm³/mol. The van der Waals surface area contributed by atoms with Crippen molar-refractivity contribution in [2.45, 2.75) is 0 Å². The SMILES string of the molecule is O=[N+]([O-])c1cc([N+](=O)[O-])c([O-])c([N+](=O)[O-])c1.c1ccc2c[n+]3ccccc3cc2c1. The van der Waals surface area contributed by atoms with E-state index >= 15 is 0 Å². The molecular formula is C19H12N4O7. The van der Waals surface area contributed by atoms with Gasteiger partial charge in [-0.3, -0.25) is 30.3 Å². The van der Waals surface area contributed by atoms with Crippen LogP contribution in [-0.2, 0) is 0 Å². The Labute approximate surface area is 167 Å². The average Bonchev–Trinajstić information content (AvgIpc) is 2.72. The summed E-state index contributed by atoms with van der Waals surface area (Å²) >= 11 is 0. The Morgan fingerprint density at radius 3 is 1.83 bits per heavy atom. The van der Waals surface area contributed by atoms with Crippen LogP contribution in [0.3, 0.4) is 0 Å². The van der Waals surface area contributed by atoms with Gasteiger partial charge in [0.15, 0.2) is 12.4 Å². The molecule has 11 heteroatoms. The van der Waals surface area contributed by atoms with Crippen molar-refractivity contribution in [3.63, 3.8) is 0 Å². The van der Waals surface area contributed by atoms with Crippen molar-refractivity contribution in [3.05, 3.63) is 103 Å². The van der Waals surface area contributed by atoms with Crippen LogP contribution in [0.4, 0.5) is 17.1 Å². The Morgan fingerprint density at radius 1 is 0.700 bits per heavy atom. The Balaban J connectivity index is 0.000000171. The van der Waals surface area contributed by atoms with Crippen LogP contribution in [0.2, 0.25) is 0 Å². The van der Waals surface area contributed by atoms with E-state index in [-0.39, 0.29) is 0 Å². The molecule has 4 aromatic rings. The molecule has 0 unspecified atom stereocenters. The van der Waals surface area contributed by atoms with Crippen LogP contribution in [0.25, 0.3) is 16.3 Å². The summed E-state index contributed by atoms with van der Waals surface area (Å²) in [7, 11) is 0. The molecule has 0 saturated heterocycles. The minimum Gasteiger partial charge on any atom is -0.863 e. The number of nitrogens with zero attached hydrogens (tertiary/aromatic N) is 4. The van der Waals surface area contributed by atoms with Gasteiger partial charge in [0.2, 0.25) is 5.52 Å². The highest BCUT2D eigenvalue weighted by Crippen LogP contribution is 2.36. The number of benzene rings is 2. The van der Waals surface area contributed by atoms with Crippen molar-refractivity contribution in [1.29, 1.82) is 0 Å². The molecule has 0 aliphatic heterocycles. The van der Waals surface area contributed by atoms with E-state index in [1.54, 1.807) is 0 Å². The molecule has 0 radical (unpaired) electrons. The number of non-ortho nitro benzene ring substituents is 1. The lowest BCUT2D eigenvalue weighted by Gasteiger charge is -2.06. The fourth-order valence-electron chi connectivity index (χ4n) is 2.74. The smallest absolute Gasteiger partial charge is 0.283 e. The highest BCUT2D eigenvalue weighted by atomic mass is 16.6. The summed E-state index contributed by atoms with van der Waals surface area (Å²) in [6.07, 6.45) is 4.23. The summed E-state index contributed by atoms with van der Waals surface area (Å²) in [6.45, 7) is 0. The quantitative estimate of drug-likeness (QED) is 0.218. The van der Waals surface area contributed by atoms with Crippen LogP contribution >= 0.6 is 0 Å². The maximum atomic E-state index is 11.1. The molecule has 4 rings (SSSR count). The van der Waals surface area contributed by atoms with E-state index in [0.29, 0.717) is 12.1 Å². The van der Waals surface area contributed by atoms with Crippen molar-refractivity contribution < 1.29 is 24.3 Å². The molecule has 150 valence electrons. The maximum absolute atomic E-state index is 11.1. The lowest BCUT2D eigenvalue weighted by Crippen LogP contribution is -2.19. The van der Waals surface area contributed by atoms with E-state index in [1.807, 2.05) is 6.07 Å². The third kappa shape index (κ3) is 4.09. The van der Waals surface area contributed by atoms with Gasteiger partial charge >= 0.3 is 0 Å². The van der Waals surface area contributed by atoms with Gasteiger partial charge in [0, 0.05) is 23.6 Å². The van der Waals surface area contributed by atoms with Gasteiger partial charge < -0.3 is 5.11 Å². The van der Waals surface area contributed by atoms with E-state index in [4.69, 9.17) is 0 Å². The third-order valence-corrected chi connectivity index (χ3v) is 4.14. The molecule has 0 saturated carbocycles. The lowest BCUT2D eigenvalue weighted by molar-refractivity contribution is -0.510. The summed E-state index contributed by atoms with van der Waals surface area (Å²) in [5.41, 5.74) is -2.04. The van der Waals surface area contributed by atoms with Gasteiger partial charge in [-0.2, -0.15) is 4.40 Å². The summed E-state index contributed by atoms with van der Waals surface area (Å²) < 4.78 is 2.14. The summed E-state index contributed by atoms with van der Waals surface area (Å²) in [4.78, 5) is 27.5. The van der Waals surface area contributed by atoms with Gasteiger partial charge in [-0.1, -0.05) is 18.2 Å². The van der Waals surface area contributed by atoms with E-state index in [0.717, 1.165) is 0 Å². The van der Waals surface area contributed by atoms with Crippen LogP contribution in [0, 0.1) is 30.3 Å². The number of fused-ring (bicyclic) bond motifs is 2. The molecule has 2 aromatic carbocycles. The Kier molecular flexibility index (Phi) is 5.45. The first-order valence-corrected chi connectivity index (χ1v) is 8.35. The minimum atomic E-state index is -1.46. The molecule has 11 nitrogen and oxygen atoms in total. The fraction of sp³-hybridized carbons (Fsp3) is 0. The number of nitro benzene ring substituents is 3. The minimum absolute atomic E-state index is 0.384. The zero-order valence-corrected chi connectivity index (χ0v) is 15.1. The maximum Gasteiger partial charge on any atom is 0.283 e. The van der Waals surface area contributed by atoms with Crippen LogP contribution in [0.5, 0.6) is 5.75 Å². The van der Waals surface area contributed by atoms with Crippen molar-refractivity contribution in [2.75, 3.05) is 0 Å². The third-order valence-electron chi connectivity index (χ3n) is 4.14. The molecule has 2 heterocycles. The van der Waals surface area contributed by atoms with Crippen LogP contribution in [0.15, 0.2) is 73.1 Å². The first-order chi connectivity index (χ1) is 14.3. The largest absolute Gasteiger partial charge is 0.863 e. The number of aromatic nitrogens is 1. The molecule has 0 N–H and O–H groups in total. The van der Waals surface area contributed by atoms with E-state index < -0.39 is 37.6 Å². The number of pyridine rings is 2. The summed E-state index contributed by atoms with van der Waals surface area (Å²) in [5, 5.41) is 44.7. The van der Waals surface area contributed by atoms with Crippen molar-refractivity contribution in [1.82, 2.24) is 0 Å². The van der Waals surface area contributed by atoms with Crippen LogP contribution in [-0.4, -0.2) is 14.8 Å². The number of rotatable bonds is 3. The number of hydrogen-bond acceptors (Lipinski definition) is 7. The molecular weight excluding hydrogens is 396 g/mol.